The minimum atomic E-state index is -4.26. The van der Waals surface area contributed by atoms with Crippen LogP contribution < -0.4 is 5.32 Å². The monoisotopic (exact) mass is 285 g/mol. The van der Waals surface area contributed by atoms with Crippen molar-refractivity contribution in [2.75, 3.05) is 13.6 Å². The van der Waals surface area contributed by atoms with Crippen LogP contribution >= 0.6 is 0 Å². The van der Waals surface area contributed by atoms with E-state index in [0.29, 0.717) is 0 Å². The van der Waals surface area contributed by atoms with E-state index in [9.17, 15) is 13.2 Å². The lowest BCUT2D eigenvalue weighted by Gasteiger charge is -2.34. The highest BCUT2D eigenvalue weighted by Gasteiger charge is 2.35. The molecule has 0 saturated heterocycles. The third-order valence-corrected chi connectivity index (χ3v) is 4.38. The summed E-state index contributed by atoms with van der Waals surface area (Å²) in [5.41, 5.74) is 0.158. The van der Waals surface area contributed by atoms with Crippen LogP contribution in [0.4, 0.5) is 13.2 Å². The lowest BCUT2D eigenvalue weighted by Crippen LogP contribution is -2.36. The first-order chi connectivity index (χ1) is 9.48. The second kappa shape index (κ2) is 6.17. The Morgan fingerprint density at radius 3 is 2.30 bits per heavy atom. The smallest absolute Gasteiger partial charge is 0.319 e. The third kappa shape index (κ3) is 3.35. The molecule has 0 aliphatic heterocycles. The molecule has 2 rings (SSSR count). The lowest BCUT2D eigenvalue weighted by atomic mass is 9.74. The van der Waals surface area contributed by atoms with Crippen molar-refractivity contribution in [3.8, 4) is 0 Å². The highest BCUT2D eigenvalue weighted by molar-refractivity contribution is 5.32. The summed E-state index contributed by atoms with van der Waals surface area (Å²) < 4.78 is 38.7. The van der Waals surface area contributed by atoms with Crippen LogP contribution in [0.5, 0.6) is 0 Å². The van der Waals surface area contributed by atoms with Gasteiger partial charge in [0.25, 0.3) is 0 Å². The van der Waals surface area contributed by atoms with Crippen LogP contribution in [0.3, 0.4) is 0 Å². The molecule has 1 saturated carbocycles. The average Bonchev–Trinajstić information content (AvgIpc) is 2.65. The third-order valence-electron chi connectivity index (χ3n) is 4.38. The second-order valence-electron chi connectivity index (χ2n) is 5.80. The van der Waals surface area contributed by atoms with Crippen LogP contribution in [-0.4, -0.2) is 13.6 Å². The van der Waals surface area contributed by atoms with Gasteiger partial charge >= 0.3 is 6.18 Å². The molecule has 0 spiro atoms. The number of rotatable bonds is 3. The molecule has 0 heterocycles. The predicted molar refractivity (Wildman–Crippen MR) is 74.8 cm³/mol. The van der Waals surface area contributed by atoms with Gasteiger partial charge in [-0.1, -0.05) is 43.9 Å². The molecule has 1 N–H and O–H groups in total. The van der Waals surface area contributed by atoms with Gasteiger partial charge in [0.15, 0.2) is 0 Å². The first-order valence-corrected chi connectivity index (χ1v) is 7.30. The molecule has 1 aliphatic carbocycles. The Morgan fingerprint density at radius 2 is 1.75 bits per heavy atom. The quantitative estimate of drug-likeness (QED) is 0.805. The zero-order valence-electron chi connectivity index (χ0n) is 11.9. The molecule has 1 aliphatic rings. The standard InChI is InChI=1S/C16H22F3N/c1-20-12-15(9-4-2-3-5-10-15)13-7-6-8-14(11-13)16(17,18)19/h6-8,11,20H,2-5,9-10,12H2,1H3. The van der Waals surface area contributed by atoms with Crippen molar-refractivity contribution >= 4 is 0 Å². The van der Waals surface area contributed by atoms with Gasteiger partial charge in [0.2, 0.25) is 0 Å². The molecule has 1 nitrogen and oxygen atoms in total. The van der Waals surface area contributed by atoms with E-state index in [-0.39, 0.29) is 5.41 Å². The van der Waals surface area contributed by atoms with E-state index in [1.165, 1.54) is 18.9 Å². The van der Waals surface area contributed by atoms with Gasteiger partial charge in [0.05, 0.1) is 5.56 Å². The van der Waals surface area contributed by atoms with E-state index >= 15 is 0 Å². The van der Waals surface area contributed by atoms with E-state index in [1.54, 1.807) is 6.07 Å². The van der Waals surface area contributed by atoms with Crippen molar-refractivity contribution < 1.29 is 13.2 Å². The summed E-state index contributed by atoms with van der Waals surface area (Å²) in [5.74, 6) is 0. The fourth-order valence-electron chi connectivity index (χ4n) is 3.34. The van der Waals surface area contributed by atoms with Gasteiger partial charge in [0.1, 0.15) is 0 Å². The number of likely N-dealkylation sites (N-methyl/N-ethyl adjacent to an activating group) is 1. The molecule has 0 amide bonds. The average molecular weight is 285 g/mol. The Morgan fingerprint density at radius 1 is 1.10 bits per heavy atom. The summed E-state index contributed by atoms with van der Waals surface area (Å²) in [7, 11) is 1.88. The molecule has 20 heavy (non-hydrogen) atoms. The largest absolute Gasteiger partial charge is 0.416 e. The zero-order chi connectivity index (χ0) is 14.6. The molecule has 112 valence electrons. The predicted octanol–water partition coefficient (Wildman–Crippen LogP) is 4.52. The summed E-state index contributed by atoms with van der Waals surface area (Å²) in [5, 5.41) is 3.18. The van der Waals surface area contributed by atoms with Gasteiger partial charge in [-0.25, -0.2) is 0 Å². The zero-order valence-corrected chi connectivity index (χ0v) is 11.9. The number of benzene rings is 1. The molecule has 0 radical (unpaired) electrons. The first-order valence-electron chi connectivity index (χ1n) is 7.30. The minimum absolute atomic E-state index is 0.146. The number of hydrogen-bond acceptors (Lipinski definition) is 1. The maximum absolute atomic E-state index is 12.9. The Kier molecular flexibility index (Phi) is 4.74. The molecule has 1 aromatic rings. The molecule has 0 bridgehead atoms. The first kappa shape index (κ1) is 15.4. The molecule has 0 unspecified atom stereocenters. The fourth-order valence-corrected chi connectivity index (χ4v) is 3.34. The van der Waals surface area contributed by atoms with E-state index in [0.717, 1.165) is 43.9 Å². The minimum Gasteiger partial charge on any atom is -0.319 e. The van der Waals surface area contributed by atoms with Crippen molar-refractivity contribution in [2.45, 2.75) is 50.1 Å². The topological polar surface area (TPSA) is 12.0 Å². The molecule has 4 heteroatoms. The molecular formula is C16H22F3N. The van der Waals surface area contributed by atoms with Gasteiger partial charge in [-0.15, -0.1) is 0 Å². The molecule has 1 fully saturated rings. The Balaban J connectivity index is 2.38. The van der Waals surface area contributed by atoms with Crippen molar-refractivity contribution in [2.24, 2.45) is 0 Å². The van der Waals surface area contributed by atoms with Gasteiger partial charge in [-0.2, -0.15) is 13.2 Å². The van der Waals surface area contributed by atoms with Gasteiger partial charge in [-0.3, -0.25) is 0 Å². The van der Waals surface area contributed by atoms with Crippen molar-refractivity contribution in [3.05, 3.63) is 35.4 Å². The normalized spacial score (nSPS) is 19.6. The van der Waals surface area contributed by atoms with Crippen LogP contribution in [0.25, 0.3) is 0 Å². The van der Waals surface area contributed by atoms with Crippen LogP contribution in [-0.2, 0) is 11.6 Å². The summed E-state index contributed by atoms with van der Waals surface area (Å²) in [4.78, 5) is 0. The number of alkyl halides is 3. The molecular weight excluding hydrogens is 263 g/mol. The second-order valence-corrected chi connectivity index (χ2v) is 5.80. The maximum atomic E-state index is 12.9. The SMILES string of the molecule is CNCC1(c2cccc(C(F)(F)F)c2)CCCCCC1. The van der Waals surface area contributed by atoms with Crippen molar-refractivity contribution in [1.82, 2.24) is 5.32 Å². The van der Waals surface area contributed by atoms with E-state index in [1.807, 2.05) is 13.1 Å². The Hall–Kier alpha value is -1.03. The summed E-state index contributed by atoms with van der Waals surface area (Å²) in [6, 6.07) is 5.91. The lowest BCUT2D eigenvalue weighted by molar-refractivity contribution is -0.137. The van der Waals surface area contributed by atoms with E-state index in [2.05, 4.69) is 5.32 Å². The fraction of sp³-hybridized carbons (Fsp3) is 0.625. The Bertz CT molecular complexity index is 432. The number of halogens is 3. The number of hydrogen-bond donors (Lipinski definition) is 1. The van der Waals surface area contributed by atoms with E-state index in [4.69, 9.17) is 0 Å². The van der Waals surface area contributed by atoms with Crippen LogP contribution in [0.1, 0.15) is 49.7 Å². The highest BCUT2D eigenvalue weighted by atomic mass is 19.4. The van der Waals surface area contributed by atoms with Gasteiger partial charge < -0.3 is 5.32 Å². The summed E-state index contributed by atoms with van der Waals surface area (Å²) >= 11 is 0. The van der Waals surface area contributed by atoms with Crippen molar-refractivity contribution in [3.63, 3.8) is 0 Å². The van der Waals surface area contributed by atoms with Gasteiger partial charge in [-0.05, 0) is 31.5 Å². The maximum Gasteiger partial charge on any atom is 0.416 e. The van der Waals surface area contributed by atoms with Crippen LogP contribution in [0.15, 0.2) is 24.3 Å². The molecule has 0 aromatic heterocycles. The summed E-state index contributed by atoms with van der Waals surface area (Å²) in [6.45, 7) is 0.744. The molecule has 1 aromatic carbocycles. The highest BCUT2D eigenvalue weighted by Crippen LogP contribution is 2.40. The molecule has 0 atom stereocenters. The Labute approximate surface area is 118 Å². The summed E-state index contributed by atoms with van der Waals surface area (Å²) in [6.07, 6.45) is 2.23. The number of nitrogens with one attached hydrogen (secondary N) is 1. The van der Waals surface area contributed by atoms with Crippen LogP contribution in [0.2, 0.25) is 0 Å². The van der Waals surface area contributed by atoms with Crippen LogP contribution in [0, 0.1) is 0 Å². The van der Waals surface area contributed by atoms with Crippen molar-refractivity contribution in [1.29, 1.82) is 0 Å². The van der Waals surface area contributed by atoms with Gasteiger partial charge in [0, 0.05) is 12.0 Å². The van der Waals surface area contributed by atoms with E-state index < -0.39 is 11.7 Å².